The second-order valence-corrected chi connectivity index (χ2v) is 7.50. The van der Waals surface area contributed by atoms with E-state index in [2.05, 4.69) is 9.71 Å². The predicted octanol–water partition coefficient (Wildman–Crippen LogP) is 0.488. The molecule has 0 saturated carbocycles. The number of piperidine rings is 1. The van der Waals surface area contributed by atoms with Gasteiger partial charge in [0.1, 0.15) is 11.3 Å². The van der Waals surface area contributed by atoms with Crippen molar-refractivity contribution < 1.29 is 13.2 Å². The summed E-state index contributed by atoms with van der Waals surface area (Å²) in [5.74, 6) is -0.149. The lowest BCUT2D eigenvalue weighted by Crippen LogP contribution is -2.45. The first-order valence-corrected chi connectivity index (χ1v) is 8.71. The molecular formula is C14H18N4O3S. The fraction of sp³-hybridized carbons (Fsp3) is 0.429. The van der Waals surface area contributed by atoms with Crippen molar-refractivity contribution in [3.8, 4) is 0 Å². The lowest BCUT2D eigenvalue weighted by Gasteiger charge is -2.31. The molecule has 3 rings (SSSR count). The van der Waals surface area contributed by atoms with Crippen molar-refractivity contribution in [1.29, 1.82) is 0 Å². The first-order chi connectivity index (χ1) is 10.5. The van der Waals surface area contributed by atoms with E-state index in [0.717, 1.165) is 5.65 Å². The molecule has 1 aliphatic heterocycles. The molecule has 0 unspecified atom stereocenters. The van der Waals surface area contributed by atoms with E-state index in [9.17, 15) is 13.2 Å². The Balaban J connectivity index is 1.72. The normalized spacial score (nSPS) is 17.0. The second kappa shape index (κ2) is 5.69. The molecule has 0 aromatic carbocycles. The standard InChI is InChI=1S/C14H18N4O3S/c1-15-22(20,21)11-5-8-17(9-6-11)14(19)12-10-18-7-3-2-4-13(18)16-12/h2-4,7,10-11,15H,5-6,8-9H2,1H3. The van der Waals surface area contributed by atoms with E-state index in [1.165, 1.54) is 7.05 Å². The zero-order chi connectivity index (χ0) is 15.7. The molecule has 1 aliphatic rings. The molecule has 1 amide bonds. The molecular weight excluding hydrogens is 304 g/mol. The molecule has 8 heteroatoms. The number of rotatable bonds is 3. The summed E-state index contributed by atoms with van der Waals surface area (Å²) in [6, 6.07) is 5.57. The van der Waals surface area contributed by atoms with Gasteiger partial charge in [0, 0.05) is 25.5 Å². The van der Waals surface area contributed by atoms with Crippen molar-refractivity contribution in [3.63, 3.8) is 0 Å². The van der Waals surface area contributed by atoms with Crippen molar-refractivity contribution in [3.05, 3.63) is 36.3 Å². The average molecular weight is 322 g/mol. The van der Waals surface area contributed by atoms with E-state index in [-0.39, 0.29) is 5.91 Å². The van der Waals surface area contributed by atoms with Crippen LogP contribution in [-0.4, -0.2) is 54.0 Å². The maximum atomic E-state index is 12.5. The van der Waals surface area contributed by atoms with Gasteiger partial charge in [-0.1, -0.05) is 6.07 Å². The Morgan fingerprint density at radius 3 is 2.68 bits per heavy atom. The van der Waals surface area contributed by atoms with Gasteiger partial charge in [0.05, 0.1) is 5.25 Å². The van der Waals surface area contributed by atoms with E-state index in [0.29, 0.717) is 31.6 Å². The van der Waals surface area contributed by atoms with Crippen molar-refractivity contribution in [2.45, 2.75) is 18.1 Å². The largest absolute Gasteiger partial charge is 0.337 e. The summed E-state index contributed by atoms with van der Waals surface area (Å²) in [5.41, 5.74) is 1.11. The highest BCUT2D eigenvalue weighted by molar-refractivity contribution is 7.90. The number of aromatic nitrogens is 2. The minimum atomic E-state index is -3.26. The summed E-state index contributed by atoms with van der Waals surface area (Å²) in [4.78, 5) is 18.5. The van der Waals surface area contributed by atoms with Crippen LogP contribution < -0.4 is 4.72 Å². The average Bonchev–Trinajstić information content (AvgIpc) is 2.98. The molecule has 22 heavy (non-hydrogen) atoms. The van der Waals surface area contributed by atoms with E-state index in [1.807, 2.05) is 24.4 Å². The van der Waals surface area contributed by atoms with Gasteiger partial charge >= 0.3 is 0 Å². The Morgan fingerprint density at radius 2 is 2.05 bits per heavy atom. The monoisotopic (exact) mass is 322 g/mol. The molecule has 7 nitrogen and oxygen atoms in total. The van der Waals surface area contributed by atoms with Crippen LogP contribution in [0.1, 0.15) is 23.3 Å². The SMILES string of the molecule is CNS(=O)(=O)C1CCN(C(=O)c2cn3ccccc3n2)CC1. The van der Waals surface area contributed by atoms with Gasteiger partial charge in [-0.25, -0.2) is 18.1 Å². The van der Waals surface area contributed by atoms with Gasteiger partial charge in [-0.2, -0.15) is 0 Å². The summed E-state index contributed by atoms with van der Waals surface area (Å²) in [5, 5.41) is -0.428. The van der Waals surface area contributed by atoms with Gasteiger partial charge in [0.25, 0.3) is 5.91 Å². The van der Waals surface area contributed by atoms with E-state index in [1.54, 1.807) is 15.5 Å². The highest BCUT2D eigenvalue weighted by Gasteiger charge is 2.31. The van der Waals surface area contributed by atoms with E-state index >= 15 is 0 Å². The molecule has 1 fully saturated rings. The summed E-state index contributed by atoms with van der Waals surface area (Å²) in [7, 11) is -1.84. The van der Waals surface area contributed by atoms with Crippen molar-refractivity contribution in [2.24, 2.45) is 0 Å². The summed E-state index contributed by atoms with van der Waals surface area (Å²) >= 11 is 0. The quantitative estimate of drug-likeness (QED) is 0.891. The van der Waals surface area contributed by atoms with Crippen LogP contribution in [0.15, 0.2) is 30.6 Å². The fourth-order valence-corrected chi connectivity index (χ4v) is 3.90. The number of sulfonamides is 1. The maximum Gasteiger partial charge on any atom is 0.274 e. The second-order valence-electron chi connectivity index (χ2n) is 5.33. The van der Waals surface area contributed by atoms with Crippen molar-refractivity contribution in [2.75, 3.05) is 20.1 Å². The molecule has 0 radical (unpaired) electrons. The zero-order valence-electron chi connectivity index (χ0n) is 12.3. The molecule has 1 N–H and O–H groups in total. The highest BCUT2D eigenvalue weighted by atomic mass is 32.2. The summed E-state index contributed by atoms with van der Waals surface area (Å²) in [6.07, 6.45) is 4.43. The van der Waals surface area contributed by atoms with Gasteiger partial charge in [0.15, 0.2) is 0 Å². The molecule has 1 saturated heterocycles. The minimum Gasteiger partial charge on any atom is -0.337 e. The topological polar surface area (TPSA) is 83.8 Å². The number of imidazole rings is 1. The Labute approximate surface area is 129 Å². The smallest absolute Gasteiger partial charge is 0.274 e. The number of carbonyl (C=O) groups is 1. The first kappa shape index (κ1) is 15.0. The number of hydrogen-bond acceptors (Lipinski definition) is 4. The van der Waals surface area contributed by atoms with Gasteiger partial charge in [-0.05, 0) is 32.0 Å². The van der Waals surface area contributed by atoms with Crippen molar-refractivity contribution in [1.82, 2.24) is 19.0 Å². The third-order valence-electron chi connectivity index (χ3n) is 4.04. The number of pyridine rings is 1. The van der Waals surface area contributed by atoms with Crippen LogP contribution in [0.2, 0.25) is 0 Å². The molecule has 0 bridgehead atoms. The van der Waals surface area contributed by atoms with Crippen LogP contribution in [0.3, 0.4) is 0 Å². The van der Waals surface area contributed by atoms with Crippen LogP contribution in [0.4, 0.5) is 0 Å². The van der Waals surface area contributed by atoms with Gasteiger partial charge in [-0.3, -0.25) is 4.79 Å². The number of nitrogens with one attached hydrogen (secondary N) is 1. The van der Waals surface area contributed by atoms with Crippen LogP contribution in [0.5, 0.6) is 0 Å². The number of likely N-dealkylation sites (tertiary alicyclic amines) is 1. The summed E-state index contributed by atoms with van der Waals surface area (Å²) < 4.78 is 27.7. The Morgan fingerprint density at radius 1 is 1.32 bits per heavy atom. The van der Waals surface area contributed by atoms with Crippen molar-refractivity contribution >= 4 is 21.6 Å². The van der Waals surface area contributed by atoms with E-state index in [4.69, 9.17) is 0 Å². The van der Waals surface area contributed by atoms with Gasteiger partial charge < -0.3 is 9.30 Å². The van der Waals surface area contributed by atoms with Gasteiger partial charge in [-0.15, -0.1) is 0 Å². The lowest BCUT2D eigenvalue weighted by molar-refractivity contribution is 0.0720. The Kier molecular flexibility index (Phi) is 3.88. The lowest BCUT2D eigenvalue weighted by atomic mass is 10.1. The fourth-order valence-electron chi connectivity index (χ4n) is 2.74. The predicted molar refractivity (Wildman–Crippen MR) is 82.1 cm³/mol. The number of nitrogens with zero attached hydrogens (tertiary/aromatic N) is 3. The molecule has 0 aliphatic carbocycles. The van der Waals surface area contributed by atoms with Crippen LogP contribution in [-0.2, 0) is 10.0 Å². The number of hydrogen-bond donors (Lipinski definition) is 1. The third kappa shape index (κ3) is 2.71. The Bertz CT molecular complexity index is 758. The molecule has 0 spiro atoms. The molecule has 2 aromatic heterocycles. The molecule has 0 atom stereocenters. The van der Waals surface area contributed by atoms with E-state index < -0.39 is 15.3 Å². The van der Waals surface area contributed by atoms with Crippen LogP contribution >= 0.6 is 0 Å². The zero-order valence-corrected chi connectivity index (χ0v) is 13.1. The molecule has 2 aromatic rings. The maximum absolute atomic E-state index is 12.5. The number of fused-ring (bicyclic) bond motifs is 1. The highest BCUT2D eigenvalue weighted by Crippen LogP contribution is 2.18. The first-order valence-electron chi connectivity index (χ1n) is 7.16. The minimum absolute atomic E-state index is 0.149. The Hall–Kier alpha value is -1.93. The third-order valence-corrected chi connectivity index (χ3v) is 5.95. The molecule has 3 heterocycles. The van der Waals surface area contributed by atoms with Gasteiger partial charge in [0.2, 0.25) is 10.0 Å². The molecule has 118 valence electrons. The van der Waals surface area contributed by atoms with Crippen LogP contribution in [0, 0.1) is 0 Å². The number of carbonyl (C=O) groups excluding carboxylic acids is 1. The van der Waals surface area contributed by atoms with Crippen LogP contribution in [0.25, 0.3) is 5.65 Å². The number of amides is 1. The summed E-state index contributed by atoms with van der Waals surface area (Å²) in [6.45, 7) is 0.858.